The first-order valence-corrected chi connectivity index (χ1v) is 5.98. The molecule has 1 fully saturated rings. The Balaban J connectivity index is 2.42. The van der Waals surface area contributed by atoms with Crippen LogP contribution in [0.4, 0.5) is 0 Å². The summed E-state index contributed by atoms with van der Waals surface area (Å²) in [6.07, 6.45) is 1.71. The SMILES string of the molecule is COC(=O)C1CCN(C(=O)CC(C)(C)N)CC1. The van der Waals surface area contributed by atoms with Crippen LogP contribution in [0.1, 0.15) is 33.1 Å². The van der Waals surface area contributed by atoms with Gasteiger partial charge in [0, 0.05) is 25.0 Å². The highest BCUT2D eigenvalue weighted by Crippen LogP contribution is 2.20. The molecule has 0 spiro atoms. The monoisotopic (exact) mass is 242 g/mol. The maximum atomic E-state index is 11.9. The van der Waals surface area contributed by atoms with Crippen molar-refractivity contribution in [2.24, 2.45) is 11.7 Å². The van der Waals surface area contributed by atoms with Gasteiger partial charge in [-0.1, -0.05) is 0 Å². The Hall–Kier alpha value is -1.10. The lowest BCUT2D eigenvalue weighted by Gasteiger charge is -2.32. The lowest BCUT2D eigenvalue weighted by atomic mass is 9.95. The number of nitrogens with zero attached hydrogens (tertiary/aromatic N) is 1. The van der Waals surface area contributed by atoms with Gasteiger partial charge in [0.2, 0.25) is 5.91 Å². The van der Waals surface area contributed by atoms with Crippen LogP contribution in [0.25, 0.3) is 0 Å². The minimum atomic E-state index is -0.476. The highest BCUT2D eigenvalue weighted by atomic mass is 16.5. The van der Waals surface area contributed by atoms with Crippen molar-refractivity contribution in [1.82, 2.24) is 4.90 Å². The van der Waals surface area contributed by atoms with Crippen LogP contribution < -0.4 is 5.73 Å². The van der Waals surface area contributed by atoms with Crippen molar-refractivity contribution in [2.45, 2.75) is 38.6 Å². The first-order chi connectivity index (χ1) is 7.83. The molecular formula is C12H22N2O3. The molecule has 98 valence electrons. The van der Waals surface area contributed by atoms with Gasteiger partial charge in [-0.2, -0.15) is 0 Å². The summed E-state index contributed by atoms with van der Waals surface area (Å²) < 4.78 is 4.70. The van der Waals surface area contributed by atoms with E-state index in [1.165, 1.54) is 7.11 Å². The van der Waals surface area contributed by atoms with Gasteiger partial charge in [-0.05, 0) is 26.7 Å². The third-order valence-corrected chi connectivity index (χ3v) is 2.99. The number of ether oxygens (including phenoxy) is 1. The number of carbonyl (C=O) groups excluding carboxylic acids is 2. The van der Waals surface area contributed by atoms with Gasteiger partial charge in [0.05, 0.1) is 13.0 Å². The highest BCUT2D eigenvalue weighted by Gasteiger charge is 2.29. The van der Waals surface area contributed by atoms with E-state index in [1.807, 2.05) is 13.8 Å². The van der Waals surface area contributed by atoms with Crippen LogP contribution in [0.5, 0.6) is 0 Å². The molecule has 0 aromatic rings. The van der Waals surface area contributed by atoms with E-state index < -0.39 is 5.54 Å². The smallest absolute Gasteiger partial charge is 0.308 e. The third kappa shape index (κ3) is 4.34. The Morgan fingerprint density at radius 3 is 2.29 bits per heavy atom. The molecule has 0 aromatic heterocycles. The van der Waals surface area contributed by atoms with E-state index in [4.69, 9.17) is 10.5 Å². The predicted octanol–water partition coefficient (Wildman–Crippen LogP) is 0.525. The van der Waals surface area contributed by atoms with E-state index in [0.717, 1.165) is 0 Å². The van der Waals surface area contributed by atoms with Gasteiger partial charge in [-0.15, -0.1) is 0 Å². The van der Waals surface area contributed by atoms with Crippen LogP contribution in [0.15, 0.2) is 0 Å². The van der Waals surface area contributed by atoms with Gasteiger partial charge in [0.1, 0.15) is 0 Å². The molecule has 1 aliphatic heterocycles. The van der Waals surface area contributed by atoms with E-state index in [2.05, 4.69) is 0 Å². The first kappa shape index (κ1) is 14.0. The number of carbonyl (C=O) groups is 2. The molecule has 0 aromatic carbocycles. The molecule has 1 saturated heterocycles. The minimum absolute atomic E-state index is 0.0602. The highest BCUT2D eigenvalue weighted by molar-refractivity contribution is 5.78. The van der Waals surface area contributed by atoms with Gasteiger partial charge in [-0.3, -0.25) is 9.59 Å². The quantitative estimate of drug-likeness (QED) is 0.732. The summed E-state index contributed by atoms with van der Waals surface area (Å²) >= 11 is 0. The lowest BCUT2D eigenvalue weighted by Crippen LogP contribution is -2.45. The van der Waals surface area contributed by atoms with Crippen molar-refractivity contribution in [3.8, 4) is 0 Å². The zero-order valence-corrected chi connectivity index (χ0v) is 10.9. The number of amides is 1. The van der Waals surface area contributed by atoms with Crippen molar-refractivity contribution in [3.05, 3.63) is 0 Å². The summed E-state index contributed by atoms with van der Waals surface area (Å²) in [5, 5.41) is 0. The van der Waals surface area contributed by atoms with Gasteiger partial charge >= 0.3 is 5.97 Å². The van der Waals surface area contributed by atoms with Crippen molar-refractivity contribution in [1.29, 1.82) is 0 Å². The summed E-state index contributed by atoms with van der Waals surface area (Å²) in [4.78, 5) is 25.0. The minimum Gasteiger partial charge on any atom is -0.469 e. The van der Waals surface area contributed by atoms with E-state index in [0.29, 0.717) is 32.4 Å². The Labute approximate surface area is 102 Å². The average Bonchev–Trinajstić information content (AvgIpc) is 2.26. The molecule has 0 atom stereocenters. The lowest BCUT2D eigenvalue weighted by molar-refractivity contribution is -0.149. The van der Waals surface area contributed by atoms with E-state index in [1.54, 1.807) is 4.90 Å². The fourth-order valence-electron chi connectivity index (χ4n) is 2.03. The van der Waals surface area contributed by atoms with E-state index in [9.17, 15) is 9.59 Å². The fourth-order valence-corrected chi connectivity index (χ4v) is 2.03. The average molecular weight is 242 g/mol. The summed E-state index contributed by atoms with van der Waals surface area (Å²) in [5.41, 5.74) is 5.34. The van der Waals surface area contributed by atoms with Crippen LogP contribution in [0.3, 0.4) is 0 Å². The molecule has 5 nitrogen and oxygen atoms in total. The molecule has 1 aliphatic rings. The molecule has 2 N–H and O–H groups in total. The van der Waals surface area contributed by atoms with Gasteiger partial charge in [0.25, 0.3) is 0 Å². The molecule has 0 radical (unpaired) electrons. The summed E-state index contributed by atoms with van der Waals surface area (Å²) in [6.45, 7) is 4.92. The molecule has 0 unspecified atom stereocenters. The van der Waals surface area contributed by atoms with Crippen LogP contribution in [0, 0.1) is 5.92 Å². The zero-order chi connectivity index (χ0) is 13.1. The number of methoxy groups -OCH3 is 1. The zero-order valence-electron chi connectivity index (χ0n) is 10.9. The second-order valence-corrected chi connectivity index (χ2v) is 5.34. The van der Waals surface area contributed by atoms with Crippen molar-refractivity contribution in [2.75, 3.05) is 20.2 Å². The molecule has 5 heteroatoms. The predicted molar refractivity (Wildman–Crippen MR) is 64.2 cm³/mol. The molecule has 0 aliphatic carbocycles. The maximum absolute atomic E-state index is 11.9. The number of hydrogen-bond acceptors (Lipinski definition) is 4. The summed E-state index contributed by atoms with van der Waals surface area (Å²) in [6, 6.07) is 0. The number of esters is 1. The normalized spacial score (nSPS) is 18.0. The van der Waals surface area contributed by atoms with Gasteiger partial charge < -0.3 is 15.4 Å². The number of rotatable bonds is 3. The largest absolute Gasteiger partial charge is 0.469 e. The van der Waals surface area contributed by atoms with Crippen LogP contribution in [-0.2, 0) is 14.3 Å². The van der Waals surface area contributed by atoms with Crippen molar-refractivity contribution >= 4 is 11.9 Å². The molecule has 0 bridgehead atoms. The molecular weight excluding hydrogens is 220 g/mol. The standard InChI is InChI=1S/C12H22N2O3/c1-12(2,13)8-10(15)14-6-4-9(5-7-14)11(16)17-3/h9H,4-8,13H2,1-3H3. The maximum Gasteiger partial charge on any atom is 0.308 e. The van der Waals surface area contributed by atoms with Gasteiger partial charge in [-0.25, -0.2) is 0 Å². The van der Waals surface area contributed by atoms with Crippen LogP contribution >= 0.6 is 0 Å². The Kier molecular flexibility index (Phi) is 4.51. The molecule has 1 rings (SSSR count). The number of piperidine rings is 1. The molecule has 1 amide bonds. The number of nitrogens with two attached hydrogens (primary N) is 1. The first-order valence-electron chi connectivity index (χ1n) is 5.98. The number of hydrogen-bond donors (Lipinski definition) is 1. The fraction of sp³-hybridized carbons (Fsp3) is 0.833. The third-order valence-electron chi connectivity index (χ3n) is 2.99. The van der Waals surface area contributed by atoms with E-state index in [-0.39, 0.29) is 17.8 Å². The van der Waals surface area contributed by atoms with Crippen LogP contribution in [-0.4, -0.2) is 42.5 Å². The Bertz CT molecular complexity index is 289. The molecule has 0 saturated carbocycles. The Morgan fingerprint density at radius 1 is 1.35 bits per heavy atom. The number of likely N-dealkylation sites (tertiary alicyclic amines) is 1. The molecule has 1 heterocycles. The summed E-state index contributed by atoms with van der Waals surface area (Å²) in [5.74, 6) is -0.160. The van der Waals surface area contributed by atoms with E-state index >= 15 is 0 Å². The second-order valence-electron chi connectivity index (χ2n) is 5.34. The van der Waals surface area contributed by atoms with Crippen LogP contribution in [0.2, 0.25) is 0 Å². The Morgan fingerprint density at radius 2 is 1.88 bits per heavy atom. The second kappa shape index (κ2) is 5.49. The topological polar surface area (TPSA) is 72.6 Å². The van der Waals surface area contributed by atoms with Crippen molar-refractivity contribution < 1.29 is 14.3 Å². The molecule has 17 heavy (non-hydrogen) atoms. The van der Waals surface area contributed by atoms with Crippen molar-refractivity contribution in [3.63, 3.8) is 0 Å². The summed E-state index contributed by atoms with van der Waals surface area (Å²) in [7, 11) is 1.40. The van der Waals surface area contributed by atoms with Gasteiger partial charge in [0.15, 0.2) is 0 Å².